The molecule has 34 heavy (non-hydrogen) atoms. The molecule has 3 aliphatic carbocycles. The average Bonchev–Trinajstić information content (AvgIpc) is 3.13. The zero-order valence-electron chi connectivity index (χ0n) is 19.6. The molecule has 5 heteroatoms. The van der Waals surface area contributed by atoms with E-state index in [9.17, 15) is 14.4 Å². The van der Waals surface area contributed by atoms with Crippen molar-refractivity contribution in [2.45, 2.75) is 31.6 Å². The first-order valence-electron chi connectivity index (χ1n) is 11.5. The monoisotopic (exact) mass is 451 g/mol. The SMILES string of the molecule is COc1ccc(C(C)=O)cc1N1C(=O)[C@@H]2[C@H](C1=O)C1(C)c3ccccc3C2(C)c2ccccc21. The summed E-state index contributed by atoms with van der Waals surface area (Å²) in [7, 11) is 1.50. The smallest absolute Gasteiger partial charge is 0.239 e. The van der Waals surface area contributed by atoms with Gasteiger partial charge in [-0.1, -0.05) is 62.4 Å². The van der Waals surface area contributed by atoms with Gasteiger partial charge in [0, 0.05) is 16.4 Å². The first-order valence-corrected chi connectivity index (χ1v) is 11.5. The molecule has 1 heterocycles. The van der Waals surface area contributed by atoms with Crippen molar-refractivity contribution in [3.63, 3.8) is 0 Å². The summed E-state index contributed by atoms with van der Waals surface area (Å²) in [5.41, 5.74) is 3.87. The number of amides is 2. The maximum Gasteiger partial charge on any atom is 0.239 e. The first kappa shape index (κ1) is 20.8. The van der Waals surface area contributed by atoms with E-state index >= 15 is 0 Å². The molecular weight excluding hydrogens is 426 g/mol. The molecule has 0 radical (unpaired) electrons. The predicted octanol–water partition coefficient (Wildman–Crippen LogP) is 4.64. The first-order chi connectivity index (χ1) is 16.3. The standard InChI is InChI=1S/C29H25NO4/c1-16(31)17-13-14-23(34-4)22(15-17)30-26(32)24-25(27(30)33)29(3)20-11-7-5-9-18(20)28(24,2)19-10-6-8-12-21(19)29/h5-15,24-25H,1-4H3/t24-,25+,28?,29?. The Labute approximate surface area is 198 Å². The van der Waals surface area contributed by atoms with Crippen LogP contribution in [0, 0.1) is 11.8 Å². The van der Waals surface area contributed by atoms with Gasteiger partial charge < -0.3 is 4.74 Å². The summed E-state index contributed by atoms with van der Waals surface area (Å²) >= 11 is 0. The van der Waals surface area contributed by atoms with Crippen LogP contribution in [0.3, 0.4) is 0 Å². The van der Waals surface area contributed by atoms with Crippen molar-refractivity contribution in [2.24, 2.45) is 11.8 Å². The third-order valence-corrected chi connectivity index (χ3v) is 8.47. The van der Waals surface area contributed by atoms with Gasteiger partial charge in [0.1, 0.15) is 5.75 Å². The molecule has 3 aromatic carbocycles. The second-order valence-electron chi connectivity index (χ2n) is 9.91. The summed E-state index contributed by atoms with van der Waals surface area (Å²) in [6.07, 6.45) is 0. The Balaban J connectivity index is 1.63. The molecule has 5 nitrogen and oxygen atoms in total. The highest BCUT2D eigenvalue weighted by atomic mass is 16.5. The molecule has 2 bridgehead atoms. The van der Waals surface area contributed by atoms with E-state index in [0.717, 1.165) is 22.3 Å². The second kappa shape index (κ2) is 6.66. The summed E-state index contributed by atoms with van der Waals surface area (Å²) < 4.78 is 5.53. The van der Waals surface area contributed by atoms with Crippen LogP contribution < -0.4 is 9.64 Å². The number of benzene rings is 3. The summed E-state index contributed by atoms with van der Waals surface area (Å²) in [4.78, 5) is 41.8. The summed E-state index contributed by atoms with van der Waals surface area (Å²) in [6, 6.07) is 21.3. The average molecular weight is 452 g/mol. The van der Waals surface area contributed by atoms with Crippen molar-refractivity contribution in [1.82, 2.24) is 0 Å². The highest BCUT2D eigenvalue weighted by Crippen LogP contribution is 2.66. The predicted molar refractivity (Wildman–Crippen MR) is 128 cm³/mol. The van der Waals surface area contributed by atoms with Crippen LogP contribution in [0.2, 0.25) is 0 Å². The van der Waals surface area contributed by atoms with Crippen LogP contribution in [-0.2, 0) is 20.4 Å². The number of ketones is 1. The number of rotatable bonds is 3. The van der Waals surface area contributed by atoms with E-state index in [2.05, 4.69) is 38.1 Å². The molecular formula is C29H25NO4. The Kier molecular flexibility index (Phi) is 4.08. The van der Waals surface area contributed by atoms with Crippen molar-refractivity contribution in [1.29, 1.82) is 0 Å². The fourth-order valence-corrected chi connectivity index (χ4v) is 6.89. The normalized spacial score (nSPS) is 28.4. The number of ether oxygens (including phenoxy) is 1. The maximum atomic E-state index is 14.2. The van der Waals surface area contributed by atoms with E-state index in [1.807, 2.05) is 24.3 Å². The van der Waals surface area contributed by atoms with E-state index in [0.29, 0.717) is 17.0 Å². The lowest BCUT2D eigenvalue weighted by Gasteiger charge is -2.57. The Hall–Kier alpha value is -3.73. The van der Waals surface area contributed by atoms with Gasteiger partial charge in [0.2, 0.25) is 11.8 Å². The van der Waals surface area contributed by atoms with Crippen LogP contribution in [0.25, 0.3) is 0 Å². The van der Waals surface area contributed by atoms with Gasteiger partial charge in [-0.25, -0.2) is 4.90 Å². The fraction of sp³-hybridized carbons (Fsp3) is 0.276. The van der Waals surface area contributed by atoms with E-state index in [4.69, 9.17) is 4.74 Å². The number of methoxy groups -OCH3 is 1. The van der Waals surface area contributed by atoms with Crippen molar-refractivity contribution >= 4 is 23.3 Å². The molecule has 0 aromatic heterocycles. The molecule has 0 saturated carbocycles. The minimum atomic E-state index is -0.650. The molecule has 1 saturated heterocycles. The fourth-order valence-electron chi connectivity index (χ4n) is 6.89. The molecule has 0 unspecified atom stereocenters. The molecule has 1 aliphatic heterocycles. The van der Waals surface area contributed by atoms with Gasteiger partial charge in [0.05, 0.1) is 24.6 Å². The minimum Gasteiger partial charge on any atom is -0.495 e. The lowest BCUT2D eigenvalue weighted by Crippen LogP contribution is -2.59. The van der Waals surface area contributed by atoms with Gasteiger partial charge in [-0.15, -0.1) is 0 Å². The molecule has 2 atom stereocenters. The topological polar surface area (TPSA) is 63.7 Å². The van der Waals surface area contributed by atoms with Gasteiger partial charge in [0.15, 0.2) is 5.78 Å². The minimum absolute atomic E-state index is 0.140. The maximum absolute atomic E-state index is 14.2. The van der Waals surface area contributed by atoms with Crippen molar-refractivity contribution in [3.8, 4) is 5.75 Å². The van der Waals surface area contributed by atoms with Crippen LogP contribution >= 0.6 is 0 Å². The molecule has 3 aromatic rings. The van der Waals surface area contributed by atoms with E-state index in [-0.39, 0.29) is 17.6 Å². The summed E-state index contributed by atoms with van der Waals surface area (Å²) in [5, 5.41) is 0. The van der Waals surface area contributed by atoms with Gasteiger partial charge >= 0.3 is 0 Å². The third-order valence-electron chi connectivity index (χ3n) is 8.47. The zero-order valence-corrected chi connectivity index (χ0v) is 19.6. The van der Waals surface area contributed by atoms with E-state index in [1.54, 1.807) is 18.2 Å². The highest BCUT2D eigenvalue weighted by molar-refractivity contribution is 6.25. The van der Waals surface area contributed by atoms with Crippen LogP contribution in [0.4, 0.5) is 5.69 Å². The van der Waals surface area contributed by atoms with Crippen LogP contribution in [-0.4, -0.2) is 24.7 Å². The van der Waals surface area contributed by atoms with Gasteiger partial charge in [-0.2, -0.15) is 0 Å². The van der Waals surface area contributed by atoms with Crippen molar-refractivity contribution < 1.29 is 19.1 Å². The van der Waals surface area contributed by atoms with Crippen molar-refractivity contribution in [3.05, 3.63) is 94.5 Å². The molecule has 1 fully saturated rings. The van der Waals surface area contributed by atoms with Crippen molar-refractivity contribution in [2.75, 3.05) is 12.0 Å². The van der Waals surface area contributed by atoms with Gasteiger partial charge in [-0.05, 0) is 47.4 Å². The number of hydrogen-bond acceptors (Lipinski definition) is 4. The molecule has 7 rings (SSSR count). The zero-order chi connectivity index (χ0) is 24.0. The van der Waals surface area contributed by atoms with Crippen LogP contribution in [0.15, 0.2) is 66.7 Å². The van der Waals surface area contributed by atoms with Gasteiger partial charge in [-0.3, -0.25) is 14.4 Å². The Morgan fingerprint density at radius 3 is 1.62 bits per heavy atom. The Morgan fingerprint density at radius 1 is 0.794 bits per heavy atom. The molecule has 170 valence electrons. The number of Topliss-reactive ketones (excluding diaryl/α,β-unsaturated/α-hetero) is 1. The molecule has 2 amide bonds. The number of carbonyl (C=O) groups is 3. The van der Waals surface area contributed by atoms with Crippen LogP contribution in [0.1, 0.15) is 53.4 Å². The van der Waals surface area contributed by atoms with E-state index < -0.39 is 22.7 Å². The second-order valence-corrected chi connectivity index (χ2v) is 9.91. The number of anilines is 1. The number of imide groups is 1. The Morgan fingerprint density at radius 2 is 1.24 bits per heavy atom. The largest absolute Gasteiger partial charge is 0.495 e. The lowest BCUT2D eigenvalue weighted by atomic mass is 9.42. The third kappa shape index (κ3) is 2.22. The number of nitrogens with zero attached hydrogens (tertiary/aromatic N) is 1. The highest BCUT2D eigenvalue weighted by Gasteiger charge is 2.70. The number of hydrogen-bond donors (Lipinski definition) is 0. The number of carbonyl (C=O) groups excluding carboxylic acids is 3. The molecule has 0 N–H and O–H groups in total. The molecule has 0 spiro atoms. The molecule has 4 aliphatic rings. The van der Waals surface area contributed by atoms with Gasteiger partial charge in [0.25, 0.3) is 0 Å². The van der Waals surface area contributed by atoms with E-state index in [1.165, 1.54) is 18.9 Å². The van der Waals surface area contributed by atoms with Crippen LogP contribution in [0.5, 0.6) is 5.75 Å². The summed E-state index contributed by atoms with van der Waals surface area (Å²) in [5.74, 6) is -1.35. The quantitative estimate of drug-likeness (QED) is 0.430. The Bertz CT molecular complexity index is 1300. The summed E-state index contributed by atoms with van der Waals surface area (Å²) in [6.45, 7) is 5.66. The lowest BCUT2D eigenvalue weighted by molar-refractivity contribution is -0.124.